The Balaban J connectivity index is 1.50. The second-order valence-corrected chi connectivity index (χ2v) is 8.02. The molecule has 3 nitrogen and oxygen atoms in total. The fourth-order valence-electron chi connectivity index (χ4n) is 3.47. The summed E-state index contributed by atoms with van der Waals surface area (Å²) in [4.78, 5) is 4.72. The molecule has 0 aliphatic rings. The lowest BCUT2D eigenvalue weighted by molar-refractivity contribution is -0.688. The van der Waals surface area contributed by atoms with Crippen LogP contribution in [-0.2, 0) is 6.54 Å². The maximum atomic E-state index is 13.2. The third-order valence-corrected chi connectivity index (χ3v) is 5.34. The van der Waals surface area contributed by atoms with Crippen LogP contribution in [0.1, 0.15) is 5.56 Å². The Hall–Kier alpha value is -3.31. The van der Waals surface area contributed by atoms with Crippen LogP contribution in [0.2, 0.25) is 0 Å². The molecule has 0 saturated heterocycles. The average molecular weight is 460 g/mol. The van der Waals surface area contributed by atoms with Gasteiger partial charge in [-0.3, -0.25) is 0 Å². The largest absolute Gasteiger partial charge is 0.436 e. The van der Waals surface area contributed by atoms with Crippen molar-refractivity contribution >= 4 is 27.0 Å². The second-order valence-electron chi connectivity index (χ2n) is 7.11. The predicted molar refractivity (Wildman–Crippen MR) is 118 cm³/mol. The Bertz CT molecular complexity index is 1330. The van der Waals surface area contributed by atoms with Crippen molar-refractivity contribution in [2.75, 3.05) is 0 Å². The topological polar surface area (TPSA) is 29.9 Å². The molecule has 5 heteroatoms. The molecule has 0 fully saturated rings. The standard InChI is InChI=1S/C25H17BrFN2O/c26-21-12-20(15-29(16-21)14-17-6-9-22(27)10-7-17)25-28-23-13-19(8-11-24(23)30-25)18-4-2-1-3-5-18/h1-13,15-16H,14H2/q+1. The van der Waals surface area contributed by atoms with E-state index >= 15 is 0 Å². The fraction of sp³-hybridized carbons (Fsp3) is 0.0400. The van der Waals surface area contributed by atoms with E-state index in [1.807, 2.05) is 59.4 Å². The van der Waals surface area contributed by atoms with Gasteiger partial charge >= 0.3 is 0 Å². The van der Waals surface area contributed by atoms with Crippen molar-refractivity contribution in [3.8, 4) is 22.6 Å². The summed E-state index contributed by atoms with van der Waals surface area (Å²) in [6.07, 6.45) is 3.96. The van der Waals surface area contributed by atoms with Gasteiger partial charge in [-0.1, -0.05) is 36.4 Å². The number of nitrogens with zero attached hydrogens (tertiary/aromatic N) is 2. The van der Waals surface area contributed by atoms with Gasteiger partial charge in [-0.2, -0.15) is 4.57 Å². The zero-order valence-electron chi connectivity index (χ0n) is 15.9. The molecule has 0 radical (unpaired) electrons. The summed E-state index contributed by atoms with van der Waals surface area (Å²) in [5.41, 5.74) is 5.68. The molecular weight excluding hydrogens is 443 g/mol. The number of oxazole rings is 1. The first-order chi connectivity index (χ1) is 14.6. The van der Waals surface area contributed by atoms with E-state index in [-0.39, 0.29) is 5.82 Å². The summed E-state index contributed by atoms with van der Waals surface area (Å²) in [5, 5.41) is 0. The van der Waals surface area contributed by atoms with Crippen molar-refractivity contribution in [3.63, 3.8) is 0 Å². The van der Waals surface area contributed by atoms with Crippen LogP contribution in [0, 0.1) is 5.82 Å². The minimum Gasteiger partial charge on any atom is -0.436 e. The Morgan fingerprint density at radius 1 is 0.833 bits per heavy atom. The normalized spacial score (nSPS) is 11.1. The van der Waals surface area contributed by atoms with Crippen molar-refractivity contribution in [3.05, 3.63) is 107 Å². The van der Waals surface area contributed by atoms with Crippen molar-refractivity contribution < 1.29 is 13.4 Å². The highest BCUT2D eigenvalue weighted by molar-refractivity contribution is 9.10. The quantitative estimate of drug-likeness (QED) is 0.291. The smallest absolute Gasteiger partial charge is 0.233 e. The molecule has 0 aliphatic carbocycles. The molecule has 30 heavy (non-hydrogen) atoms. The van der Waals surface area contributed by atoms with Crippen molar-refractivity contribution in [2.24, 2.45) is 0 Å². The molecular formula is C25H17BrFN2O+. The molecule has 0 unspecified atom stereocenters. The molecule has 0 aliphatic heterocycles. The number of hydrogen-bond donors (Lipinski definition) is 0. The summed E-state index contributed by atoms with van der Waals surface area (Å²) in [6.45, 7) is 0.616. The van der Waals surface area contributed by atoms with E-state index in [0.29, 0.717) is 12.4 Å². The number of benzene rings is 3. The molecule has 0 saturated carbocycles. The lowest BCUT2D eigenvalue weighted by Crippen LogP contribution is -2.33. The number of rotatable bonds is 4. The van der Waals surface area contributed by atoms with Gasteiger partial charge in [0.25, 0.3) is 0 Å². The molecule has 5 aromatic rings. The zero-order chi connectivity index (χ0) is 20.5. The highest BCUT2D eigenvalue weighted by atomic mass is 79.9. The maximum absolute atomic E-state index is 13.2. The van der Waals surface area contributed by atoms with Crippen LogP contribution in [0.3, 0.4) is 0 Å². The summed E-state index contributed by atoms with van der Waals surface area (Å²) < 4.78 is 22.1. The van der Waals surface area contributed by atoms with Crippen LogP contribution >= 0.6 is 15.9 Å². The van der Waals surface area contributed by atoms with Gasteiger partial charge in [-0.15, -0.1) is 0 Å². The minimum absolute atomic E-state index is 0.236. The summed E-state index contributed by atoms with van der Waals surface area (Å²) in [7, 11) is 0. The van der Waals surface area contributed by atoms with Crippen LogP contribution in [-0.4, -0.2) is 4.98 Å². The molecule has 0 atom stereocenters. The van der Waals surface area contributed by atoms with E-state index < -0.39 is 0 Å². The van der Waals surface area contributed by atoms with Crippen LogP contribution in [0.4, 0.5) is 4.39 Å². The van der Waals surface area contributed by atoms with Crippen molar-refractivity contribution in [2.45, 2.75) is 6.54 Å². The van der Waals surface area contributed by atoms with Gasteiger partial charge in [-0.05, 0) is 69.5 Å². The first kappa shape index (κ1) is 18.7. The lowest BCUT2D eigenvalue weighted by atomic mass is 10.1. The third kappa shape index (κ3) is 3.89. The Morgan fingerprint density at radius 2 is 1.63 bits per heavy atom. The molecule has 0 bridgehead atoms. The minimum atomic E-state index is -0.236. The second kappa shape index (κ2) is 7.84. The van der Waals surface area contributed by atoms with Crippen LogP contribution in [0.5, 0.6) is 0 Å². The fourth-order valence-corrected chi connectivity index (χ4v) is 3.98. The van der Waals surface area contributed by atoms with Gasteiger partial charge in [-0.25, -0.2) is 9.37 Å². The first-order valence-corrected chi connectivity index (χ1v) is 10.3. The van der Waals surface area contributed by atoms with Gasteiger partial charge in [0.2, 0.25) is 5.89 Å². The van der Waals surface area contributed by atoms with E-state index in [0.717, 1.165) is 37.8 Å². The zero-order valence-corrected chi connectivity index (χ0v) is 17.5. The molecule has 0 N–H and O–H groups in total. The van der Waals surface area contributed by atoms with Crippen LogP contribution in [0.25, 0.3) is 33.7 Å². The number of hydrogen-bond acceptors (Lipinski definition) is 2. The molecule has 2 heterocycles. The van der Waals surface area contributed by atoms with Crippen molar-refractivity contribution in [1.29, 1.82) is 0 Å². The van der Waals surface area contributed by atoms with Gasteiger partial charge in [0.15, 0.2) is 24.5 Å². The summed E-state index contributed by atoms with van der Waals surface area (Å²) >= 11 is 3.57. The highest BCUT2D eigenvalue weighted by Crippen LogP contribution is 2.29. The Kier molecular flexibility index (Phi) is 4.89. The molecule has 2 aromatic heterocycles. The van der Waals surface area contributed by atoms with E-state index in [2.05, 4.69) is 28.1 Å². The molecule has 0 spiro atoms. The van der Waals surface area contributed by atoms with E-state index in [9.17, 15) is 4.39 Å². The van der Waals surface area contributed by atoms with Gasteiger partial charge in [0.1, 0.15) is 16.9 Å². The summed E-state index contributed by atoms with van der Waals surface area (Å²) in [5.74, 6) is 0.324. The number of pyridine rings is 1. The third-order valence-electron chi connectivity index (χ3n) is 4.91. The van der Waals surface area contributed by atoms with Crippen LogP contribution in [0.15, 0.2) is 100 Å². The van der Waals surface area contributed by atoms with Gasteiger partial charge in [0.05, 0.1) is 4.47 Å². The maximum Gasteiger partial charge on any atom is 0.233 e. The molecule has 5 rings (SSSR count). The average Bonchev–Trinajstić information content (AvgIpc) is 3.19. The van der Waals surface area contributed by atoms with Gasteiger partial charge < -0.3 is 4.42 Å². The van der Waals surface area contributed by atoms with E-state index in [1.54, 1.807) is 12.1 Å². The van der Waals surface area contributed by atoms with Crippen molar-refractivity contribution in [1.82, 2.24) is 4.98 Å². The Morgan fingerprint density at radius 3 is 2.43 bits per heavy atom. The first-order valence-electron chi connectivity index (χ1n) is 9.54. The number of fused-ring (bicyclic) bond motifs is 1. The highest BCUT2D eigenvalue weighted by Gasteiger charge is 2.15. The van der Waals surface area contributed by atoms with Crippen LogP contribution < -0.4 is 4.57 Å². The predicted octanol–water partition coefficient (Wildman–Crippen LogP) is 6.40. The molecule has 0 amide bonds. The number of halogens is 2. The molecule has 3 aromatic carbocycles. The molecule has 146 valence electrons. The monoisotopic (exact) mass is 459 g/mol. The van der Waals surface area contributed by atoms with Gasteiger partial charge in [0, 0.05) is 5.56 Å². The number of aromatic nitrogens is 2. The van der Waals surface area contributed by atoms with E-state index in [4.69, 9.17) is 9.40 Å². The summed E-state index contributed by atoms with van der Waals surface area (Å²) in [6, 6.07) is 24.7. The SMILES string of the molecule is Fc1ccc(C[n+]2cc(Br)cc(-c3nc4cc(-c5ccccc5)ccc4o3)c2)cc1. The van der Waals surface area contributed by atoms with E-state index in [1.165, 1.54) is 12.1 Å². The Labute approximate surface area is 181 Å². The lowest BCUT2D eigenvalue weighted by Gasteiger charge is -2.01.